The smallest absolute Gasteiger partial charge is 0.0539 e. The summed E-state index contributed by atoms with van der Waals surface area (Å²) < 4.78 is 0. The molecule has 0 amide bonds. The Morgan fingerprint density at radius 1 is 1.67 bits per heavy atom. The highest BCUT2D eigenvalue weighted by atomic mass is 35.5. The Morgan fingerprint density at radius 2 is 2.47 bits per heavy atom. The molecular formula is C11H17ClN2S. The summed E-state index contributed by atoms with van der Waals surface area (Å²) in [6, 6.07) is 2.21. The molecule has 3 N–H and O–H groups in total. The molecule has 0 spiro atoms. The summed E-state index contributed by atoms with van der Waals surface area (Å²) in [6.07, 6.45) is 5.23. The zero-order valence-electron chi connectivity index (χ0n) is 8.87. The molecule has 0 aliphatic carbocycles. The number of allylic oxidation sites excluding steroid dienone is 1. The molecule has 0 bridgehead atoms. The zero-order chi connectivity index (χ0) is 11.1. The van der Waals surface area contributed by atoms with E-state index in [0.717, 1.165) is 18.0 Å². The van der Waals surface area contributed by atoms with Crippen LogP contribution in [0.25, 0.3) is 0 Å². The van der Waals surface area contributed by atoms with Crippen LogP contribution in [0.4, 0.5) is 0 Å². The van der Waals surface area contributed by atoms with Gasteiger partial charge in [0.15, 0.2) is 0 Å². The van der Waals surface area contributed by atoms with Gasteiger partial charge in [-0.25, -0.2) is 0 Å². The molecule has 1 aromatic rings. The highest BCUT2D eigenvalue weighted by molar-refractivity contribution is 7.10. The lowest BCUT2D eigenvalue weighted by atomic mass is 10.2. The molecule has 1 heterocycles. The lowest BCUT2D eigenvalue weighted by Crippen LogP contribution is -2.28. The Kier molecular flexibility index (Phi) is 5.95. The maximum absolute atomic E-state index is 5.88. The molecule has 1 atom stereocenters. The van der Waals surface area contributed by atoms with E-state index in [1.54, 1.807) is 11.3 Å². The lowest BCUT2D eigenvalue weighted by Gasteiger charge is -2.14. The summed E-state index contributed by atoms with van der Waals surface area (Å²) in [7, 11) is 0. The van der Waals surface area contributed by atoms with Gasteiger partial charge < -0.3 is 11.1 Å². The number of nitrogens with two attached hydrogens (primary N) is 1. The Morgan fingerprint density at radius 3 is 3.00 bits per heavy atom. The molecule has 1 aromatic heterocycles. The van der Waals surface area contributed by atoms with Gasteiger partial charge in [0.2, 0.25) is 0 Å². The number of thiophene rings is 1. The van der Waals surface area contributed by atoms with E-state index in [-0.39, 0.29) is 6.04 Å². The van der Waals surface area contributed by atoms with Crippen LogP contribution in [0.15, 0.2) is 23.6 Å². The molecule has 4 heteroatoms. The Hall–Kier alpha value is -0.350. The molecule has 0 aliphatic rings. The molecule has 0 aromatic carbocycles. The van der Waals surface area contributed by atoms with Crippen LogP contribution in [0, 0.1) is 0 Å². The van der Waals surface area contributed by atoms with Crippen LogP contribution < -0.4 is 11.1 Å². The molecule has 84 valence electrons. The van der Waals surface area contributed by atoms with Gasteiger partial charge in [0, 0.05) is 16.8 Å². The molecule has 0 fully saturated rings. The number of rotatable bonds is 6. The standard InChI is InChI=1S/C11H17ClN2S/c1-2-3-4-5-14-10(7-13)11-6-9(12)8-15-11/h2-3,6,8,10,14H,4-5,7,13H2,1H3/b3-2+. The molecular weight excluding hydrogens is 228 g/mol. The van der Waals surface area contributed by atoms with Gasteiger partial charge in [-0.1, -0.05) is 23.8 Å². The molecule has 1 unspecified atom stereocenters. The van der Waals surface area contributed by atoms with Crippen molar-refractivity contribution in [3.05, 3.63) is 33.5 Å². The second-order valence-electron chi connectivity index (χ2n) is 3.27. The Bertz CT molecular complexity index is 309. The predicted molar refractivity (Wildman–Crippen MR) is 68.6 cm³/mol. The molecule has 0 aliphatic heterocycles. The van der Waals surface area contributed by atoms with E-state index in [1.165, 1.54) is 4.88 Å². The zero-order valence-corrected chi connectivity index (χ0v) is 10.4. The van der Waals surface area contributed by atoms with Crippen molar-refractivity contribution < 1.29 is 0 Å². The second-order valence-corrected chi connectivity index (χ2v) is 4.65. The van der Waals surface area contributed by atoms with Crippen molar-refractivity contribution >= 4 is 22.9 Å². The van der Waals surface area contributed by atoms with E-state index < -0.39 is 0 Å². The summed E-state index contributed by atoms with van der Waals surface area (Å²) in [5, 5.41) is 6.14. The summed E-state index contributed by atoms with van der Waals surface area (Å²) in [6.45, 7) is 3.58. The number of nitrogens with one attached hydrogen (secondary N) is 1. The summed E-state index contributed by atoms with van der Waals surface area (Å²) >= 11 is 7.53. The summed E-state index contributed by atoms with van der Waals surface area (Å²) in [4.78, 5) is 1.21. The average Bonchev–Trinajstić information content (AvgIpc) is 2.65. The summed E-state index contributed by atoms with van der Waals surface area (Å²) in [5.74, 6) is 0. The van der Waals surface area contributed by atoms with Crippen LogP contribution in [-0.2, 0) is 0 Å². The SMILES string of the molecule is C/C=C/CCNC(CN)c1cc(Cl)cs1. The number of halogens is 1. The van der Waals surface area contributed by atoms with Crippen LogP contribution in [0.5, 0.6) is 0 Å². The van der Waals surface area contributed by atoms with Gasteiger partial charge in [-0.15, -0.1) is 11.3 Å². The number of hydrogen-bond donors (Lipinski definition) is 2. The molecule has 0 saturated heterocycles. The number of hydrogen-bond acceptors (Lipinski definition) is 3. The largest absolute Gasteiger partial charge is 0.329 e. The van der Waals surface area contributed by atoms with Crippen molar-refractivity contribution in [2.75, 3.05) is 13.1 Å². The van der Waals surface area contributed by atoms with E-state index in [2.05, 4.69) is 17.5 Å². The average molecular weight is 245 g/mol. The van der Waals surface area contributed by atoms with E-state index in [4.69, 9.17) is 17.3 Å². The van der Waals surface area contributed by atoms with Crippen molar-refractivity contribution in [3.8, 4) is 0 Å². The van der Waals surface area contributed by atoms with Crippen LogP contribution in [0.2, 0.25) is 5.02 Å². The molecule has 1 rings (SSSR count). The molecule has 0 radical (unpaired) electrons. The predicted octanol–water partition coefficient (Wildman–Crippen LogP) is 2.96. The lowest BCUT2D eigenvalue weighted by molar-refractivity contribution is 0.556. The first-order valence-electron chi connectivity index (χ1n) is 5.06. The third-order valence-corrected chi connectivity index (χ3v) is 3.50. The van der Waals surface area contributed by atoms with Gasteiger partial charge >= 0.3 is 0 Å². The maximum Gasteiger partial charge on any atom is 0.0539 e. The maximum atomic E-state index is 5.88. The Labute approximate surface area is 100 Å². The molecule has 15 heavy (non-hydrogen) atoms. The van der Waals surface area contributed by atoms with Gasteiger partial charge in [0.1, 0.15) is 0 Å². The monoisotopic (exact) mass is 244 g/mol. The van der Waals surface area contributed by atoms with Gasteiger partial charge in [-0.05, 0) is 26.0 Å². The van der Waals surface area contributed by atoms with E-state index in [9.17, 15) is 0 Å². The van der Waals surface area contributed by atoms with Crippen molar-refractivity contribution in [1.82, 2.24) is 5.32 Å². The first-order chi connectivity index (χ1) is 7.27. The fraction of sp³-hybridized carbons (Fsp3) is 0.455. The highest BCUT2D eigenvalue weighted by Gasteiger charge is 2.10. The second kappa shape index (κ2) is 7.01. The quantitative estimate of drug-likeness (QED) is 0.597. The molecule has 0 saturated carbocycles. The van der Waals surface area contributed by atoms with Gasteiger partial charge in [-0.2, -0.15) is 0 Å². The van der Waals surface area contributed by atoms with E-state index in [1.807, 2.05) is 18.4 Å². The highest BCUT2D eigenvalue weighted by Crippen LogP contribution is 2.24. The van der Waals surface area contributed by atoms with Gasteiger partial charge in [-0.3, -0.25) is 0 Å². The fourth-order valence-corrected chi connectivity index (χ4v) is 2.49. The minimum Gasteiger partial charge on any atom is -0.329 e. The minimum atomic E-state index is 0.229. The minimum absolute atomic E-state index is 0.229. The van der Waals surface area contributed by atoms with E-state index in [0.29, 0.717) is 6.54 Å². The van der Waals surface area contributed by atoms with Crippen LogP contribution in [0.1, 0.15) is 24.3 Å². The van der Waals surface area contributed by atoms with Gasteiger partial charge in [0.05, 0.1) is 11.1 Å². The first kappa shape index (κ1) is 12.7. The van der Waals surface area contributed by atoms with Crippen molar-refractivity contribution in [1.29, 1.82) is 0 Å². The van der Waals surface area contributed by atoms with Crippen molar-refractivity contribution in [2.45, 2.75) is 19.4 Å². The third kappa shape index (κ3) is 4.34. The summed E-state index contributed by atoms with van der Waals surface area (Å²) in [5.41, 5.74) is 5.71. The first-order valence-corrected chi connectivity index (χ1v) is 6.32. The van der Waals surface area contributed by atoms with Crippen LogP contribution in [-0.4, -0.2) is 13.1 Å². The Balaban J connectivity index is 2.42. The third-order valence-electron chi connectivity index (χ3n) is 2.10. The molecule has 2 nitrogen and oxygen atoms in total. The van der Waals surface area contributed by atoms with Crippen molar-refractivity contribution in [3.63, 3.8) is 0 Å². The van der Waals surface area contributed by atoms with E-state index >= 15 is 0 Å². The topological polar surface area (TPSA) is 38.0 Å². The van der Waals surface area contributed by atoms with Crippen LogP contribution in [0.3, 0.4) is 0 Å². The fourth-order valence-electron chi connectivity index (χ4n) is 1.32. The van der Waals surface area contributed by atoms with Gasteiger partial charge in [0.25, 0.3) is 0 Å². The van der Waals surface area contributed by atoms with Crippen molar-refractivity contribution in [2.24, 2.45) is 5.73 Å². The van der Waals surface area contributed by atoms with Crippen LogP contribution >= 0.6 is 22.9 Å². The normalized spacial score (nSPS) is 13.5.